The van der Waals surface area contributed by atoms with Crippen molar-refractivity contribution in [1.29, 1.82) is 0 Å². The molecule has 2 aliphatic heterocycles. The zero-order valence-electron chi connectivity index (χ0n) is 12.7. The number of hydrogen-bond acceptors (Lipinski definition) is 4. The van der Waals surface area contributed by atoms with Crippen LogP contribution in [0.1, 0.15) is 25.7 Å². The van der Waals surface area contributed by atoms with Crippen LogP contribution >= 0.6 is 0 Å². The molecule has 9 heteroatoms. The highest BCUT2D eigenvalue weighted by Crippen LogP contribution is 2.19. The number of rotatable bonds is 6. The minimum atomic E-state index is -4.46. The number of nitrogens with zero attached hydrogens (tertiary/aromatic N) is 1. The van der Waals surface area contributed by atoms with E-state index in [1.807, 2.05) is 5.32 Å². The molecule has 2 amide bonds. The van der Waals surface area contributed by atoms with Gasteiger partial charge in [0.2, 0.25) is 11.8 Å². The molecule has 0 spiro atoms. The number of carbonyl (C=O) groups is 2. The van der Waals surface area contributed by atoms with Crippen LogP contribution in [-0.2, 0) is 19.1 Å². The van der Waals surface area contributed by atoms with Gasteiger partial charge in [0.1, 0.15) is 19.2 Å². The fourth-order valence-electron chi connectivity index (χ4n) is 2.78. The highest BCUT2D eigenvalue weighted by Gasteiger charge is 2.36. The molecule has 0 aromatic heterocycles. The van der Waals surface area contributed by atoms with E-state index in [9.17, 15) is 22.8 Å². The Hall–Kier alpha value is -1.35. The minimum absolute atomic E-state index is 0.00717. The number of nitrogens with one attached hydrogen (secondary N) is 1. The molecule has 0 saturated carbocycles. The van der Waals surface area contributed by atoms with Gasteiger partial charge in [-0.1, -0.05) is 0 Å². The van der Waals surface area contributed by atoms with Crippen LogP contribution in [0.4, 0.5) is 13.2 Å². The summed E-state index contributed by atoms with van der Waals surface area (Å²) in [6.45, 7) is -0.227. The Morgan fingerprint density at radius 1 is 1.26 bits per heavy atom. The first kappa shape index (κ1) is 18.0. The molecule has 132 valence electrons. The molecular formula is C14H21F3N2O4. The summed E-state index contributed by atoms with van der Waals surface area (Å²) >= 11 is 0. The number of amides is 2. The molecule has 2 fully saturated rings. The maximum absolute atomic E-state index is 12.1. The molecule has 6 nitrogen and oxygen atoms in total. The first-order chi connectivity index (χ1) is 10.9. The van der Waals surface area contributed by atoms with Crippen LogP contribution in [0.3, 0.4) is 0 Å². The van der Waals surface area contributed by atoms with Crippen LogP contribution in [0, 0.1) is 0 Å². The number of alkyl halides is 3. The van der Waals surface area contributed by atoms with Gasteiger partial charge in [-0.05, 0) is 25.7 Å². The van der Waals surface area contributed by atoms with Gasteiger partial charge < -0.3 is 19.7 Å². The van der Waals surface area contributed by atoms with E-state index >= 15 is 0 Å². The number of halogens is 3. The Balaban J connectivity index is 1.75. The predicted octanol–water partition coefficient (Wildman–Crippen LogP) is 0.851. The molecule has 2 rings (SSSR count). The second kappa shape index (κ2) is 7.96. The van der Waals surface area contributed by atoms with Crippen molar-refractivity contribution in [1.82, 2.24) is 10.2 Å². The smallest absolute Gasteiger partial charge is 0.376 e. The lowest BCUT2D eigenvalue weighted by atomic mass is 10.2. The second-order valence-corrected chi connectivity index (χ2v) is 5.73. The lowest BCUT2D eigenvalue weighted by Gasteiger charge is -2.24. The minimum Gasteiger partial charge on any atom is -0.376 e. The third-order valence-electron chi connectivity index (χ3n) is 3.89. The van der Waals surface area contributed by atoms with E-state index in [0.717, 1.165) is 12.8 Å². The van der Waals surface area contributed by atoms with Crippen molar-refractivity contribution in [3.05, 3.63) is 0 Å². The van der Waals surface area contributed by atoms with Crippen molar-refractivity contribution in [2.24, 2.45) is 0 Å². The molecule has 2 atom stereocenters. The van der Waals surface area contributed by atoms with E-state index < -0.39 is 24.7 Å². The van der Waals surface area contributed by atoms with Gasteiger partial charge in [0.15, 0.2) is 0 Å². The molecule has 2 heterocycles. The normalized spacial score (nSPS) is 24.9. The van der Waals surface area contributed by atoms with Gasteiger partial charge in [-0.25, -0.2) is 0 Å². The highest BCUT2D eigenvalue weighted by molar-refractivity contribution is 5.88. The standard InChI is InChI=1S/C14H21F3N2O4/c15-14(16,17)9-18-13(21)11-4-1-5-19(11)12(20)8-22-7-10-3-2-6-23-10/h10-11H,1-9H2,(H,18,21)/t10-,11-/m1/s1. The van der Waals surface area contributed by atoms with Gasteiger partial charge in [0.25, 0.3) is 0 Å². The number of likely N-dealkylation sites (tertiary alicyclic amines) is 1. The third-order valence-corrected chi connectivity index (χ3v) is 3.89. The van der Waals surface area contributed by atoms with E-state index in [1.165, 1.54) is 4.90 Å². The second-order valence-electron chi connectivity index (χ2n) is 5.73. The SMILES string of the molecule is O=C(NCC(F)(F)F)[C@H]1CCCN1C(=O)COC[C@H]1CCCO1. The molecule has 1 N–H and O–H groups in total. The maximum atomic E-state index is 12.1. The Morgan fingerprint density at radius 3 is 2.70 bits per heavy atom. The maximum Gasteiger partial charge on any atom is 0.405 e. The fraction of sp³-hybridized carbons (Fsp3) is 0.857. The van der Waals surface area contributed by atoms with Crippen LogP contribution in [-0.4, -0.2) is 67.9 Å². The monoisotopic (exact) mass is 338 g/mol. The third kappa shape index (κ3) is 5.65. The summed E-state index contributed by atoms with van der Waals surface area (Å²) in [7, 11) is 0. The number of carbonyl (C=O) groups excluding carboxylic acids is 2. The summed E-state index contributed by atoms with van der Waals surface area (Å²) in [4.78, 5) is 25.2. The van der Waals surface area contributed by atoms with Gasteiger partial charge >= 0.3 is 6.18 Å². The van der Waals surface area contributed by atoms with Crippen molar-refractivity contribution in [3.63, 3.8) is 0 Å². The molecule has 0 aromatic carbocycles. The van der Waals surface area contributed by atoms with Crippen LogP contribution in [0.5, 0.6) is 0 Å². The van der Waals surface area contributed by atoms with Crippen LogP contribution < -0.4 is 5.32 Å². The predicted molar refractivity (Wildman–Crippen MR) is 73.6 cm³/mol. The average molecular weight is 338 g/mol. The van der Waals surface area contributed by atoms with Gasteiger partial charge in [0, 0.05) is 13.2 Å². The Kier molecular flexibility index (Phi) is 6.23. The summed E-state index contributed by atoms with van der Waals surface area (Å²) in [5.74, 6) is -1.15. The Morgan fingerprint density at radius 2 is 2.04 bits per heavy atom. The highest BCUT2D eigenvalue weighted by atomic mass is 19.4. The Labute approximate surface area is 132 Å². The largest absolute Gasteiger partial charge is 0.405 e. The molecule has 0 radical (unpaired) electrons. The van der Waals surface area contributed by atoms with Crippen molar-refractivity contribution < 1.29 is 32.2 Å². The lowest BCUT2D eigenvalue weighted by Crippen LogP contribution is -2.49. The average Bonchev–Trinajstić information content (AvgIpc) is 3.14. The Bertz CT molecular complexity index is 425. The molecule has 2 aliphatic rings. The van der Waals surface area contributed by atoms with Gasteiger partial charge in [-0.15, -0.1) is 0 Å². The van der Waals surface area contributed by atoms with E-state index in [1.54, 1.807) is 0 Å². The zero-order chi connectivity index (χ0) is 16.9. The summed E-state index contributed by atoms with van der Waals surface area (Å²) in [5.41, 5.74) is 0. The number of hydrogen-bond donors (Lipinski definition) is 1. The number of ether oxygens (including phenoxy) is 2. The van der Waals surface area contributed by atoms with E-state index in [-0.39, 0.29) is 18.6 Å². The molecule has 0 aliphatic carbocycles. The summed E-state index contributed by atoms with van der Waals surface area (Å²) in [6.07, 6.45) is -1.67. The van der Waals surface area contributed by atoms with Crippen molar-refractivity contribution >= 4 is 11.8 Å². The molecule has 23 heavy (non-hydrogen) atoms. The van der Waals surface area contributed by atoms with Gasteiger partial charge in [0.05, 0.1) is 12.7 Å². The van der Waals surface area contributed by atoms with Crippen LogP contribution in [0.2, 0.25) is 0 Å². The van der Waals surface area contributed by atoms with Gasteiger partial charge in [-0.3, -0.25) is 9.59 Å². The zero-order valence-corrected chi connectivity index (χ0v) is 12.7. The summed E-state index contributed by atoms with van der Waals surface area (Å²) in [6, 6.07) is -0.851. The van der Waals surface area contributed by atoms with E-state index in [4.69, 9.17) is 9.47 Å². The molecule has 0 aromatic rings. The summed E-state index contributed by atoms with van der Waals surface area (Å²) in [5, 5.41) is 1.83. The quantitative estimate of drug-likeness (QED) is 0.780. The van der Waals surface area contributed by atoms with Crippen molar-refractivity contribution in [2.45, 2.75) is 44.0 Å². The van der Waals surface area contributed by atoms with Crippen LogP contribution in [0.25, 0.3) is 0 Å². The fourth-order valence-corrected chi connectivity index (χ4v) is 2.78. The van der Waals surface area contributed by atoms with E-state index in [2.05, 4.69) is 0 Å². The molecular weight excluding hydrogens is 317 g/mol. The van der Waals surface area contributed by atoms with E-state index in [0.29, 0.717) is 32.6 Å². The molecule has 0 bridgehead atoms. The van der Waals surface area contributed by atoms with Crippen molar-refractivity contribution in [3.8, 4) is 0 Å². The first-order valence-electron chi connectivity index (χ1n) is 7.70. The topological polar surface area (TPSA) is 67.9 Å². The van der Waals surface area contributed by atoms with Crippen molar-refractivity contribution in [2.75, 3.05) is 32.9 Å². The van der Waals surface area contributed by atoms with Crippen LogP contribution in [0.15, 0.2) is 0 Å². The molecule has 0 unspecified atom stereocenters. The first-order valence-corrected chi connectivity index (χ1v) is 7.70. The lowest BCUT2D eigenvalue weighted by molar-refractivity contribution is -0.147. The molecule has 2 saturated heterocycles. The summed E-state index contributed by atoms with van der Waals surface area (Å²) < 4.78 is 47.1. The van der Waals surface area contributed by atoms with Gasteiger partial charge in [-0.2, -0.15) is 13.2 Å².